The number of aryl methyl sites for hydroxylation is 1. The van der Waals surface area contributed by atoms with E-state index >= 15 is 0 Å². The van der Waals surface area contributed by atoms with Crippen molar-refractivity contribution in [3.8, 4) is 5.75 Å². The quantitative estimate of drug-likeness (QED) is 0.584. The van der Waals surface area contributed by atoms with E-state index in [9.17, 15) is 9.59 Å². The van der Waals surface area contributed by atoms with E-state index in [0.29, 0.717) is 18.7 Å². The molecule has 0 aromatic heterocycles. The molecule has 5 heteroatoms. The van der Waals surface area contributed by atoms with Gasteiger partial charge in [-0.05, 0) is 62.8 Å². The average molecular weight is 453 g/mol. The fraction of sp³-hybridized carbons (Fsp3) is 0.500. The van der Waals surface area contributed by atoms with Crippen LogP contribution in [0.25, 0.3) is 0 Å². The van der Waals surface area contributed by atoms with Crippen molar-refractivity contribution in [2.24, 2.45) is 0 Å². The Kier molecular flexibility index (Phi) is 8.70. The van der Waals surface area contributed by atoms with E-state index in [1.165, 1.54) is 5.56 Å². The van der Waals surface area contributed by atoms with Crippen molar-refractivity contribution >= 4 is 11.8 Å². The smallest absolute Gasteiger partial charge is 0.261 e. The SMILES string of the molecule is CC[C@H](C(=O)NC(C)(C)C)N(Cc1ccc(C)cc1)C(=O)COc1ccc(C(C)(C)C)cc1. The molecule has 0 spiro atoms. The van der Waals surface area contributed by atoms with E-state index in [4.69, 9.17) is 4.74 Å². The summed E-state index contributed by atoms with van der Waals surface area (Å²) in [5.41, 5.74) is 3.00. The highest BCUT2D eigenvalue weighted by atomic mass is 16.5. The Hall–Kier alpha value is -2.82. The molecule has 0 aliphatic rings. The number of carbonyl (C=O) groups is 2. The Morgan fingerprint density at radius 3 is 2.00 bits per heavy atom. The molecule has 0 bridgehead atoms. The van der Waals surface area contributed by atoms with E-state index in [1.54, 1.807) is 4.90 Å². The van der Waals surface area contributed by atoms with Gasteiger partial charge in [-0.15, -0.1) is 0 Å². The zero-order chi connectivity index (χ0) is 24.8. The summed E-state index contributed by atoms with van der Waals surface area (Å²) >= 11 is 0. The van der Waals surface area contributed by atoms with Crippen molar-refractivity contribution in [1.82, 2.24) is 10.2 Å². The molecule has 2 amide bonds. The summed E-state index contributed by atoms with van der Waals surface area (Å²) in [5.74, 6) is 0.269. The van der Waals surface area contributed by atoms with E-state index in [-0.39, 0.29) is 29.4 Å². The molecule has 0 fully saturated rings. The van der Waals surface area contributed by atoms with Gasteiger partial charge in [-0.3, -0.25) is 9.59 Å². The number of hydrogen-bond donors (Lipinski definition) is 1. The van der Waals surface area contributed by atoms with Crippen LogP contribution in [0.5, 0.6) is 5.75 Å². The summed E-state index contributed by atoms with van der Waals surface area (Å²) in [6.07, 6.45) is 0.514. The van der Waals surface area contributed by atoms with Gasteiger partial charge in [0.15, 0.2) is 6.61 Å². The fourth-order valence-electron chi connectivity index (χ4n) is 3.54. The van der Waals surface area contributed by atoms with Crippen LogP contribution in [0, 0.1) is 6.92 Å². The molecule has 2 aromatic rings. The van der Waals surface area contributed by atoms with Gasteiger partial charge < -0.3 is 15.0 Å². The van der Waals surface area contributed by atoms with E-state index in [2.05, 4.69) is 26.1 Å². The lowest BCUT2D eigenvalue weighted by molar-refractivity contribution is -0.143. The van der Waals surface area contributed by atoms with Crippen LogP contribution in [0.15, 0.2) is 48.5 Å². The van der Waals surface area contributed by atoms with Gasteiger partial charge in [-0.25, -0.2) is 0 Å². The summed E-state index contributed by atoms with van der Waals surface area (Å²) in [6, 6.07) is 15.3. The number of rotatable bonds is 8. The minimum Gasteiger partial charge on any atom is -0.484 e. The van der Waals surface area contributed by atoms with Crippen molar-refractivity contribution in [2.45, 2.75) is 85.4 Å². The summed E-state index contributed by atoms with van der Waals surface area (Å²) in [4.78, 5) is 28.0. The molecule has 0 unspecified atom stereocenters. The van der Waals surface area contributed by atoms with Crippen LogP contribution in [-0.4, -0.2) is 34.9 Å². The minimum atomic E-state index is -0.579. The zero-order valence-corrected chi connectivity index (χ0v) is 21.5. The lowest BCUT2D eigenvalue weighted by Gasteiger charge is -2.33. The number of nitrogens with one attached hydrogen (secondary N) is 1. The van der Waals surface area contributed by atoms with Gasteiger partial charge in [0.2, 0.25) is 5.91 Å². The minimum absolute atomic E-state index is 0.0496. The molecule has 33 heavy (non-hydrogen) atoms. The summed E-state index contributed by atoms with van der Waals surface area (Å²) in [6.45, 7) is 16.5. The van der Waals surface area contributed by atoms with Crippen molar-refractivity contribution in [1.29, 1.82) is 0 Å². The number of amides is 2. The third-order valence-electron chi connectivity index (χ3n) is 5.44. The largest absolute Gasteiger partial charge is 0.484 e. The van der Waals surface area contributed by atoms with E-state index in [1.807, 2.05) is 83.1 Å². The van der Waals surface area contributed by atoms with Gasteiger partial charge in [0.25, 0.3) is 5.91 Å². The van der Waals surface area contributed by atoms with E-state index in [0.717, 1.165) is 11.1 Å². The van der Waals surface area contributed by atoms with Crippen LogP contribution in [0.2, 0.25) is 0 Å². The van der Waals surface area contributed by atoms with Crippen LogP contribution >= 0.6 is 0 Å². The maximum atomic E-state index is 13.3. The molecule has 0 aliphatic carbocycles. The monoisotopic (exact) mass is 452 g/mol. The van der Waals surface area contributed by atoms with Gasteiger partial charge in [0.05, 0.1) is 0 Å². The third kappa shape index (κ3) is 8.23. The molecule has 0 saturated carbocycles. The summed E-state index contributed by atoms with van der Waals surface area (Å²) in [7, 11) is 0. The number of carbonyl (C=O) groups excluding carboxylic acids is 2. The van der Waals surface area contributed by atoms with Crippen LogP contribution < -0.4 is 10.1 Å². The molecule has 0 aliphatic heterocycles. The maximum absolute atomic E-state index is 13.3. The first-order valence-corrected chi connectivity index (χ1v) is 11.7. The predicted molar refractivity (Wildman–Crippen MR) is 134 cm³/mol. The number of benzene rings is 2. The molecule has 5 nitrogen and oxygen atoms in total. The van der Waals surface area contributed by atoms with Crippen molar-refractivity contribution in [3.63, 3.8) is 0 Å². The second-order valence-corrected chi connectivity index (χ2v) is 10.7. The second kappa shape index (κ2) is 10.9. The Morgan fingerprint density at radius 1 is 0.939 bits per heavy atom. The summed E-state index contributed by atoms with van der Waals surface area (Å²) in [5, 5.41) is 3.02. The molecule has 0 saturated heterocycles. The van der Waals surface area contributed by atoms with Crippen LogP contribution in [0.4, 0.5) is 0 Å². The van der Waals surface area contributed by atoms with Crippen LogP contribution in [0.3, 0.4) is 0 Å². The van der Waals surface area contributed by atoms with Gasteiger partial charge in [-0.2, -0.15) is 0 Å². The Morgan fingerprint density at radius 2 is 1.52 bits per heavy atom. The lowest BCUT2D eigenvalue weighted by atomic mass is 9.87. The Labute approximate surface area is 199 Å². The molecule has 180 valence electrons. The predicted octanol–water partition coefficient (Wildman–Crippen LogP) is 5.39. The van der Waals surface area contributed by atoms with Crippen molar-refractivity contribution in [3.05, 3.63) is 65.2 Å². The highest BCUT2D eigenvalue weighted by molar-refractivity contribution is 5.88. The molecule has 0 heterocycles. The van der Waals surface area contributed by atoms with Crippen LogP contribution in [-0.2, 0) is 21.5 Å². The Balaban J connectivity index is 2.20. The third-order valence-corrected chi connectivity index (χ3v) is 5.44. The number of hydrogen-bond acceptors (Lipinski definition) is 3. The normalized spacial score (nSPS) is 12.7. The Bertz CT molecular complexity index is 920. The van der Waals surface area contributed by atoms with Gasteiger partial charge >= 0.3 is 0 Å². The molecule has 2 rings (SSSR count). The molecule has 2 aromatic carbocycles. The zero-order valence-electron chi connectivity index (χ0n) is 21.5. The highest BCUT2D eigenvalue weighted by Crippen LogP contribution is 2.24. The van der Waals surface area contributed by atoms with Crippen LogP contribution in [0.1, 0.15) is 71.6 Å². The lowest BCUT2D eigenvalue weighted by Crippen LogP contribution is -2.54. The highest BCUT2D eigenvalue weighted by Gasteiger charge is 2.30. The molecule has 0 radical (unpaired) electrons. The average Bonchev–Trinajstić information content (AvgIpc) is 2.71. The fourth-order valence-corrected chi connectivity index (χ4v) is 3.54. The maximum Gasteiger partial charge on any atom is 0.261 e. The molecular weight excluding hydrogens is 412 g/mol. The topological polar surface area (TPSA) is 58.6 Å². The second-order valence-electron chi connectivity index (χ2n) is 10.7. The molecule has 1 N–H and O–H groups in total. The van der Waals surface area contributed by atoms with Gasteiger partial charge in [0, 0.05) is 12.1 Å². The first-order valence-electron chi connectivity index (χ1n) is 11.7. The van der Waals surface area contributed by atoms with Crippen molar-refractivity contribution < 1.29 is 14.3 Å². The summed E-state index contributed by atoms with van der Waals surface area (Å²) < 4.78 is 5.83. The first kappa shape index (κ1) is 26.4. The molecule has 1 atom stereocenters. The number of ether oxygens (including phenoxy) is 1. The first-order chi connectivity index (χ1) is 15.3. The van der Waals surface area contributed by atoms with Crippen molar-refractivity contribution in [2.75, 3.05) is 6.61 Å². The van der Waals surface area contributed by atoms with E-state index < -0.39 is 6.04 Å². The number of nitrogens with zero attached hydrogens (tertiary/aromatic N) is 1. The standard InChI is InChI=1S/C28H40N2O3/c1-9-24(26(32)29-28(6,7)8)30(18-21-12-10-20(2)11-13-21)25(31)19-33-23-16-14-22(15-17-23)27(3,4)5/h10-17,24H,9,18-19H2,1-8H3,(H,29,32)/t24-/m1/s1. The molecular formula is C28H40N2O3. The van der Waals surface area contributed by atoms with Gasteiger partial charge in [-0.1, -0.05) is 69.7 Å². The van der Waals surface area contributed by atoms with Gasteiger partial charge in [0.1, 0.15) is 11.8 Å².